The van der Waals surface area contributed by atoms with E-state index < -0.39 is 5.82 Å². The summed E-state index contributed by atoms with van der Waals surface area (Å²) in [6.07, 6.45) is 3.09. The lowest BCUT2D eigenvalue weighted by Crippen LogP contribution is -2.39. The van der Waals surface area contributed by atoms with Gasteiger partial charge in [-0.25, -0.2) is 4.39 Å². The van der Waals surface area contributed by atoms with E-state index in [1.807, 2.05) is 7.05 Å². The molecule has 0 radical (unpaired) electrons. The van der Waals surface area contributed by atoms with Crippen molar-refractivity contribution < 1.29 is 9.18 Å². The van der Waals surface area contributed by atoms with Crippen LogP contribution < -0.4 is 5.32 Å². The van der Waals surface area contributed by atoms with E-state index in [1.165, 1.54) is 12.1 Å². The van der Waals surface area contributed by atoms with Crippen molar-refractivity contribution in [1.29, 1.82) is 0 Å². The van der Waals surface area contributed by atoms with Crippen molar-refractivity contribution >= 4 is 17.5 Å². The van der Waals surface area contributed by atoms with Crippen molar-refractivity contribution in [2.75, 3.05) is 26.7 Å². The molecule has 0 unspecified atom stereocenters. The molecule has 0 aromatic heterocycles. The molecule has 1 aliphatic heterocycles. The molecule has 0 aliphatic carbocycles. The summed E-state index contributed by atoms with van der Waals surface area (Å²) in [6, 6.07) is 4.56. The molecule has 3 nitrogen and oxygen atoms in total. The summed E-state index contributed by atoms with van der Waals surface area (Å²) in [5, 5.41) is 3.14. The minimum atomic E-state index is -0.614. The second-order valence-electron chi connectivity index (χ2n) is 5.23. The maximum Gasteiger partial charge on any atom is 0.256 e. The summed E-state index contributed by atoms with van der Waals surface area (Å²) in [5.74, 6) is -0.218. The van der Waals surface area contributed by atoms with Crippen LogP contribution in [0.1, 0.15) is 29.6 Å². The van der Waals surface area contributed by atoms with Gasteiger partial charge in [0.25, 0.3) is 5.91 Å². The number of hydrogen-bond donors (Lipinski definition) is 1. The smallest absolute Gasteiger partial charge is 0.256 e. The van der Waals surface area contributed by atoms with Gasteiger partial charge in [0.15, 0.2) is 5.82 Å². The quantitative estimate of drug-likeness (QED) is 0.927. The van der Waals surface area contributed by atoms with Crippen LogP contribution in [0.15, 0.2) is 18.2 Å². The summed E-state index contributed by atoms with van der Waals surface area (Å²) in [6.45, 7) is 2.39. The van der Waals surface area contributed by atoms with E-state index in [9.17, 15) is 9.18 Å². The summed E-state index contributed by atoms with van der Waals surface area (Å²) in [4.78, 5) is 14.0. The molecule has 1 aromatic carbocycles. The summed E-state index contributed by atoms with van der Waals surface area (Å²) >= 11 is 5.72. The molecule has 1 N–H and O–H groups in total. The average molecular weight is 299 g/mol. The monoisotopic (exact) mass is 298 g/mol. The van der Waals surface area contributed by atoms with Crippen molar-refractivity contribution in [3.05, 3.63) is 34.6 Å². The van der Waals surface area contributed by atoms with Crippen molar-refractivity contribution in [2.45, 2.75) is 19.3 Å². The maximum absolute atomic E-state index is 13.9. The van der Waals surface area contributed by atoms with Gasteiger partial charge in [-0.1, -0.05) is 17.7 Å². The topological polar surface area (TPSA) is 32.3 Å². The first-order valence-corrected chi connectivity index (χ1v) is 7.39. The Morgan fingerprint density at radius 2 is 2.15 bits per heavy atom. The molecule has 0 spiro atoms. The first-order chi connectivity index (χ1) is 9.63. The van der Waals surface area contributed by atoms with Gasteiger partial charge in [-0.05, 0) is 50.9 Å². The normalized spacial score (nSPS) is 16.4. The van der Waals surface area contributed by atoms with Gasteiger partial charge in [-0.15, -0.1) is 0 Å². The largest absolute Gasteiger partial charge is 0.339 e. The molecule has 110 valence electrons. The lowest BCUT2D eigenvalue weighted by atomic mass is 9.93. The highest BCUT2D eigenvalue weighted by Crippen LogP contribution is 2.24. The van der Waals surface area contributed by atoms with Crippen molar-refractivity contribution in [1.82, 2.24) is 10.2 Å². The molecule has 20 heavy (non-hydrogen) atoms. The van der Waals surface area contributed by atoms with Crippen molar-refractivity contribution in [2.24, 2.45) is 5.92 Å². The second-order valence-corrected chi connectivity index (χ2v) is 5.64. The summed E-state index contributed by atoms with van der Waals surface area (Å²) in [5.41, 5.74) is 0.0752. The molecule has 2 rings (SSSR count). The van der Waals surface area contributed by atoms with E-state index in [0.29, 0.717) is 19.0 Å². The highest BCUT2D eigenvalue weighted by Gasteiger charge is 2.25. The zero-order valence-electron chi connectivity index (χ0n) is 11.7. The Labute approximate surface area is 124 Å². The number of hydrogen-bond acceptors (Lipinski definition) is 2. The van der Waals surface area contributed by atoms with E-state index >= 15 is 0 Å². The first kappa shape index (κ1) is 15.3. The Balaban J connectivity index is 1.96. The van der Waals surface area contributed by atoms with Crippen molar-refractivity contribution in [3.63, 3.8) is 0 Å². The van der Waals surface area contributed by atoms with Gasteiger partial charge in [-0.2, -0.15) is 0 Å². The fourth-order valence-electron chi connectivity index (χ4n) is 2.61. The Morgan fingerprint density at radius 3 is 2.80 bits per heavy atom. The van der Waals surface area contributed by atoms with E-state index in [-0.39, 0.29) is 16.5 Å². The Morgan fingerprint density at radius 1 is 1.45 bits per heavy atom. The van der Waals surface area contributed by atoms with E-state index in [2.05, 4.69) is 5.32 Å². The van der Waals surface area contributed by atoms with E-state index in [0.717, 1.165) is 25.8 Å². The lowest BCUT2D eigenvalue weighted by molar-refractivity contribution is 0.0682. The predicted molar refractivity (Wildman–Crippen MR) is 78.6 cm³/mol. The van der Waals surface area contributed by atoms with Crippen LogP contribution in [0.25, 0.3) is 0 Å². The minimum absolute atomic E-state index is 0.000226. The van der Waals surface area contributed by atoms with Crippen LogP contribution in [0.5, 0.6) is 0 Å². The Hall–Kier alpha value is -1.13. The zero-order chi connectivity index (χ0) is 14.5. The molecule has 0 bridgehead atoms. The molecule has 1 aliphatic rings. The third kappa shape index (κ3) is 3.49. The van der Waals surface area contributed by atoms with Crippen LogP contribution in [-0.4, -0.2) is 37.5 Å². The van der Waals surface area contributed by atoms with Gasteiger partial charge in [-0.3, -0.25) is 4.79 Å². The minimum Gasteiger partial charge on any atom is -0.339 e. The van der Waals surface area contributed by atoms with Gasteiger partial charge in [0.1, 0.15) is 0 Å². The number of piperidine rings is 1. The molecular formula is C15H20ClFN2O. The molecular weight excluding hydrogens is 279 g/mol. The van der Waals surface area contributed by atoms with Crippen LogP contribution >= 0.6 is 11.6 Å². The standard InChI is InChI=1S/C15H20ClFN2O/c1-18-8-5-11-6-9-19(10-7-11)15(20)12-3-2-4-13(16)14(12)17/h2-4,11,18H,5-10H2,1H3. The number of nitrogens with zero attached hydrogens (tertiary/aromatic N) is 1. The maximum atomic E-state index is 13.9. The van der Waals surface area contributed by atoms with E-state index in [1.54, 1.807) is 11.0 Å². The van der Waals surface area contributed by atoms with Crippen LogP contribution in [-0.2, 0) is 0 Å². The number of benzene rings is 1. The molecule has 5 heteroatoms. The molecule has 1 heterocycles. The number of rotatable bonds is 4. The highest BCUT2D eigenvalue weighted by molar-refractivity contribution is 6.31. The third-order valence-electron chi connectivity index (χ3n) is 3.89. The Kier molecular flexibility index (Phi) is 5.38. The zero-order valence-corrected chi connectivity index (χ0v) is 12.4. The molecule has 1 saturated heterocycles. The van der Waals surface area contributed by atoms with E-state index in [4.69, 9.17) is 11.6 Å². The number of amides is 1. The van der Waals surface area contributed by atoms with Crippen LogP contribution in [0.4, 0.5) is 4.39 Å². The number of carbonyl (C=O) groups excluding carboxylic acids is 1. The molecule has 1 fully saturated rings. The number of likely N-dealkylation sites (tertiary alicyclic amines) is 1. The van der Waals surface area contributed by atoms with Crippen LogP contribution in [0.3, 0.4) is 0 Å². The van der Waals surface area contributed by atoms with Crippen LogP contribution in [0, 0.1) is 11.7 Å². The van der Waals surface area contributed by atoms with Gasteiger partial charge in [0.05, 0.1) is 10.6 Å². The number of carbonyl (C=O) groups is 1. The molecule has 1 aromatic rings. The fraction of sp³-hybridized carbons (Fsp3) is 0.533. The van der Waals surface area contributed by atoms with Gasteiger partial charge in [0.2, 0.25) is 0 Å². The summed E-state index contributed by atoms with van der Waals surface area (Å²) in [7, 11) is 1.95. The van der Waals surface area contributed by atoms with Crippen LogP contribution in [0.2, 0.25) is 5.02 Å². The first-order valence-electron chi connectivity index (χ1n) is 7.01. The molecule has 0 saturated carbocycles. The number of halogens is 2. The average Bonchev–Trinajstić information content (AvgIpc) is 2.48. The SMILES string of the molecule is CNCCC1CCN(C(=O)c2cccc(Cl)c2F)CC1. The fourth-order valence-corrected chi connectivity index (χ4v) is 2.79. The number of nitrogens with one attached hydrogen (secondary N) is 1. The summed E-state index contributed by atoms with van der Waals surface area (Å²) < 4.78 is 13.9. The lowest BCUT2D eigenvalue weighted by Gasteiger charge is -2.32. The Bertz CT molecular complexity index is 473. The predicted octanol–water partition coefficient (Wildman–Crippen LogP) is 2.94. The molecule has 1 amide bonds. The van der Waals surface area contributed by atoms with Gasteiger partial charge >= 0.3 is 0 Å². The molecule has 0 atom stereocenters. The van der Waals surface area contributed by atoms with Gasteiger partial charge in [0, 0.05) is 13.1 Å². The van der Waals surface area contributed by atoms with Crippen molar-refractivity contribution in [3.8, 4) is 0 Å². The highest BCUT2D eigenvalue weighted by atomic mass is 35.5. The van der Waals surface area contributed by atoms with Gasteiger partial charge < -0.3 is 10.2 Å². The second kappa shape index (κ2) is 7.04. The third-order valence-corrected chi connectivity index (χ3v) is 4.18.